The van der Waals surface area contributed by atoms with Crippen LogP contribution >= 0.6 is 0 Å². The summed E-state index contributed by atoms with van der Waals surface area (Å²) in [7, 11) is 0. The SMILES string of the molecule is C=C(C)c1cc2c3c(c1)N1c4cc5c(cc4C4(C)CCC(C)(C)c6ccc(c1c64)B3C1=C3C(c4ccc(C)cc41)c1ccccc1-c1cc(C(C)(C)C)ccc1N32)C(C)(C)CCC5(C)C. The molecule has 0 bridgehead atoms. The molecule has 0 spiro atoms. The number of benzene rings is 6. The Balaban J connectivity index is 1.22. The molecule has 0 saturated carbocycles. The van der Waals surface area contributed by atoms with Gasteiger partial charge in [0.2, 0.25) is 0 Å². The third kappa shape index (κ3) is 4.93. The van der Waals surface area contributed by atoms with Gasteiger partial charge in [0.25, 0.3) is 6.71 Å². The highest BCUT2D eigenvalue weighted by atomic mass is 15.2. The van der Waals surface area contributed by atoms with Crippen LogP contribution in [0.25, 0.3) is 22.2 Å². The van der Waals surface area contributed by atoms with Crippen molar-refractivity contribution in [1.29, 1.82) is 0 Å². The molecule has 2 atom stereocenters. The molecule has 13 rings (SSSR count). The number of allylic oxidation sites excluding steroid dienone is 2. The van der Waals surface area contributed by atoms with Crippen LogP contribution in [-0.2, 0) is 27.1 Å². The van der Waals surface area contributed by atoms with Crippen molar-refractivity contribution in [2.45, 2.75) is 142 Å². The zero-order chi connectivity index (χ0) is 45.2. The second kappa shape index (κ2) is 12.3. The highest BCUT2D eigenvalue weighted by Crippen LogP contribution is 2.65. The molecule has 3 aliphatic carbocycles. The summed E-state index contributed by atoms with van der Waals surface area (Å²) in [4.78, 5) is 5.55. The molecular formula is C62H63BN2. The summed E-state index contributed by atoms with van der Waals surface area (Å²) in [6.07, 6.45) is 4.70. The minimum absolute atomic E-state index is 0.00324. The van der Waals surface area contributed by atoms with Gasteiger partial charge < -0.3 is 9.80 Å². The summed E-state index contributed by atoms with van der Waals surface area (Å²) in [5.41, 5.74) is 32.2. The van der Waals surface area contributed by atoms with Crippen LogP contribution in [0, 0.1) is 6.92 Å². The summed E-state index contributed by atoms with van der Waals surface area (Å²) >= 11 is 0. The molecule has 3 heteroatoms. The molecule has 7 aliphatic rings. The third-order valence-corrected chi connectivity index (χ3v) is 18.0. The molecule has 0 N–H and O–H groups in total. The average molecular weight is 847 g/mol. The van der Waals surface area contributed by atoms with E-state index in [-0.39, 0.29) is 39.7 Å². The molecule has 324 valence electrons. The smallest absolute Gasteiger partial charge is 0.252 e. The van der Waals surface area contributed by atoms with Gasteiger partial charge in [0.1, 0.15) is 0 Å². The lowest BCUT2D eigenvalue weighted by Gasteiger charge is -2.55. The predicted molar refractivity (Wildman–Crippen MR) is 278 cm³/mol. The molecule has 2 nitrogen and oxygen atoms in total. The standard InChI is InChI=1S/C62H63BN2/c1-34(2)36-29-50-55-51(30-36)65-49-33-45-44(60(9,10)24-25-61(45,11)12)32-46(49)62(13)27-26-59(7,8)43-21-22-47(56(65)53(43)62)63(55)54-42-28-35(3)18-20-40(42)52-39-17-15-14-16-38(39)41-31-37(58(4,5)6)19-23-48(41)64(50)57(52)54/h14-23,28-33,52H,1,24-27H2,2-13H3. The largest absolute Gasteiger partial charge is 0.314 e. The fraction of sp³-hybridized carbons (Fsp3) is 0.355. The van der Waals surface area contributed by atoms with Crippen molar-refractivity contribution >= 4 is 57.1 Å². The van der Waals surface area contributed by atoms with E-state index in [1.165, 1.54) is 131 Å². The molecule has 0 radical (unpaired) electrons. The maximum absolute atomic E-state index is 4.70. The van der Waals surface area contributed by atoms with Gasteiger partial charge in [0.05, 0.1) is 17.3 Å². The van der Waals surface area contributed by atoms with Crippen LogP contribution in [-0.4, -0.2) is 6.71 Å². The van der Waals surface area contributed by atoms with Crippen LogP contribution in [0.4, 0.5) is 28.4 Å². The van der Waals surface area contributed by atoms with Crippen LogP contribution in [0.3, 0.4) is 0 Å². The van der Waals surface area contributed by atoms with Crippen molar-refractivity contribution in [3.8, 4) is 11.1 Å². The second-order valence-corrected chi connectivity index (χ2v) is 24.5. The highest BCUT2D eigenvalue weighted by molar-refractivity contribution is 7.03. The van der Waals surface area contributed by atoms with Crippen molar-refractivity contribution in [2.24, 2.45) is 0 Å². The lowest BCUT2D eigenvalue weighted by atomic mass is 9.31. The molecule has 4 heterocycles. The number of aryl methyl sites for hydroxylation is 1. The Bertz CT molecular complexity index is 3250. The van der Waals surface area contributed by atoms with Crippen LogP contribution in [0.1, 0.15) is 169 Å². The van der Waals surface area contributed by atoms with Gasteiger partial charge in [0, 0.05) is 33.7 Å². The molecule has 4 aliphatic heterocycles. The summed E-state index contributed by atoms with van der Waals surface area (Å²) in [6.45, 7) is 33.9. The van der Waals surface area contributed by atoms with Gasteiger partial charge in [-0.2, -0.15) is 0 Å². The van der Waals surface area contributed by atoms with Crippen molar-refractivity contribution in [2.75, 3.05) is 9.80 Å². The summed E-state index contributed by atoms with van der Waals surface area (Å²) < 4.78 is 0. The zero-order valence-electron chi connectivity index (χ0n) is 40.8. The van der Waals surface area contributed by atoms with Crippen LogP contribution in [0.2, 0.25) is 0 Å². The van der Waals surface area contributed by atoms with Gasteiger partial charge in [-0.3, -0.25) is 0 Å². The first-order chi connectivity index (χ1) is 30.7. The lowest BCUT2D eigenvalue weighted by molar-refractivity contribution is 0.327. The van der Waals surface area contributed by atoms with Crippen molar-refractivity contribution < 1.29 is 0 Å². The third-order valence-electron chi connectivity index (χ3n) is 18.0. The number of hydrogen-bond donors (Lipinski definition) is 0. The Morgan fingerprint density at radius 2 is 1.28 bits per heavy atom. The van der Waals surface area contributed by atoms with Crippen molar-refractivity contribution in [3.63, 3.8) is 0 Å². The van der Waals surface area contributed by atoms with E-state index in [0.29, 0.717) is 0 Å². The van der Waals surface area contributed by atoms with E-state index in [4.69, 9.17) is 6.58 Å². The van der Waals surface area contributed by atoms with Gasteiger partial charge >= 0.3 is 0 Å². The van der Waals surface area contributed by atoms with E-state index in [2.05, 4.69) is 190 Å². The topological polar surface area (TPSA) is 6.48 Å². The first-order valence-corrected chi connectivity index (χ1v) is 24.6. The van der Waals surface area contributed by atoms with Gasteiger partial charge in [-0.1, -0.05) is 154 Å². The molecule has 0 fully saturated rings. The Kier molecular flexibility index (Phi) is 7.51. The van der Waals surface area contributed by atoms with Gasteiger partial charge in [0.15, 0.2) is 0 Å². The maximum Gasteiger partial charge on any atom is 0.252 e. The van der Waals surface area contributed by atoms with Crippen molar-refractivity contribution in [3.05, 3.63) is 171 Å². The Labute approximate surface area is 388 Å². The summed E-state index contributed by atoms with van der Waals surface area (Å²) in [5, 5.41) is 0. The Morgan fingerprint density at radius 1 is 0.615 bits per heavy atom. The van der Waals surface area contributed by atoms with E-state index >= 15 is 0 Å². The highest BCUT2D eigenvalue weighted by Gasteiger charge is 2.57. The molecule has 6 aromatic carbocycles. The van der Waals surface area contributed by atoms with Crippen molar-refractivity contribution in [1.82, 2.24) is 0 Å². The normalized spacial score (nSPS) is 22.4. The summed E-state index contributed by atoms with van der Waals surface area (Å²) in [6, 6.07) is 39.7. The maximum atomic E-state index is 4.70. The Hall–Kier alpha value is -5.54. The first kappa shape index (κ1) is 39.8. The lowest BCUT2D eigenvalue weighted by Crippen LogP contribution is -2.58. The van der Waals surface area contributed by atoms with Crippen LogP contribution < -0.4 is 20.7 Å². The van der Waals surface area contributed by atoms with Crippen LogP contribution in [0.5, 0.6) is 0 Å². The number of rotatable bonds is 1. The fourth-order valence-corrected chi connectivity index (χ4v) is 14.1. The number of nitrogens with zero attached hydrogens (tertiary/aromatic N) is 2. The molecule has 6 aromatic rings. The number of anilines is 5. The van der Waals surface area contributed by atoms with E-state index < -0.39 is 0 Å². The monoisotopic (exact) mass is 847 g/mol. The molecule has 0 saturated heterocycles. The minimum Gasteiger partial charge on any atom is -0.314 e. The molecule has 65 heavy (non-hydrogen) atoms. The van der Waals surface area contributed by atoms with E-state index in [9.17, 15) is 0 Å². The van der Waals surface area contributed by atoms with Gasteiger partial charge in [-0.05, 0) is 169 Å². The average Bonchev–Trinajstić information content (AvgIpc) is 3.52. The molecule has 0 amide bonds. The van der Waals surface area contributed by atoms with Gasteiger partial charge in [-0.15, -0.1) is 0 Å². The van der Waals surface area contributed by atoms with E-state index in [1.54, 1.807) is 11.1 Å². The summed E-state index contributed by atoms with van der Waals surface area (Å²) in [5.74, 6) is 0.0846. The molecule has 2 unspecified atom stereocenters. The number of hydrogen-bond acceptors (Lipinski definition) is 2. The number of fused-ring (bicyclic) bond motifs is 16. The zero-order valence-corrected chi connectivity index (χ0v) is 40.8. The van der Waals surface area contributed by atoms with E-state index in [1.807, 2.05) is 0 Å². The second-order valence-electron chi connectivity index (χ2n) is 24.5. The first-order valence-electron chi connectivity index (χ1n) is 24.6. The van der Waals surface area contributed by atoms with Crippen LogP contribution in [0.15, 0.2) is 109 Å². The molecule has 0 aromatic heterocycles. The molecular weight excluding hydrogens is 784 g/mol. The minimum atomic E-state index is -0.128. The van der Waals surface area contributed by atoms with Gasteiger partial charge in [-0.25, -0.2) is 0 Å². The van der Waals surface area contributed by atoms with E-state index in [0.717, 1.165) is 12.0 Å². The Morgan fingerprint density at radius 3 is 2.00 bits per heavy atom. The predicted octanol–water partition coefficient (Wildman–Crippen LogP) is 15.0. The quantitative estimate of drug-likeness (QED) is 0.152. The fourth-order valence-electron chi connectivity index (χ4n) is 14.1.